The molecule has 0 bridgehead atoms. The van der Waals surface area contributed by atoms with Crippen LogP contribution in [0.1, 0.15) is 125 Å². The van der Waals surface area contributed by atoms with Gasteiger partial charge in [0.2, 0.25) is 0 Å². The molecule has 0 atom stereocenters. The molecule has 0 fully saturated rings. The maximum atomic E-state index is 6.12. The standard InChI is InChI=1S/C24H50O3/c1-6-11-13-15-17-19-21-23(22-20-18-16-14-12-7-2)24(25-8-3,26-9-4)27-10-5/h23H,6-22H2,1-5H3. The molecule has 0 radical (unpaired) electrons. The van der Waals surface area contributed by atoms with Gasteiger partial charge in [-0.05, 0) is 33.6 Å². The van der Waals surface area contributed by atoms with E-state index in [4.69, 9.17) is 14.2 Å². The van der Waals surface area contributed by atoms with Crippen LogP contribution in [-0.4, -0.2) is 25.8 Å². The van der Waals surface area contributed by atoms with Gasteiger partial charge in [0.1, 0.15) is 0 Å². The third-order valence-corrected chi connectivity index (χ3v) is 5.35. The van der Waals surface area contributed by atoms with Crippen molar-refractivity contribution in [2.24, 2.45) is 5.92 Å². The van der Waals surface area contributed by atoms with Crippen molar-refractivity contribution in [3.63, 3.8) is 0 Å². The van der Waals surface area contributed by atoms with Crippen LogP contribution in [0.4, 0.5) is 0 Å². The van der Waals surface area contributed by atoms with Gasteiger partial charge in [-0.1, -0.05) is 90.9 Å². The minimum Gasteiger partial charge on any atom is -0.328 e. The maximum Gasteiger partial charge on any atom is 0.285 e. The van der Waals surface area contributed by atoms with Crippen LogP contribution in [0.25, 0.3) is 0 Å². The summed E-state index contributed by atoms with van der Waals surface area (Å²) in [5.41, 5.74) is 0. The van der Waals surface area contributed by atoms with Gasteiger partial charge in [-0.2, -0.15) is 0 Å². The third kappa shape index (κ3) is 12.9. The molecule has 0 amide bonds. The molecule has 0 saturated heterocycles. The summed E-state index contributed by atoms with van der Waals surface area (Å²) >= 11 is 0. The van der Waals surface area contributed by atoms with E-state index in [9.17, 15) is 0 Å². The van der Waals surface area contributed by atoms with Gasteiger partial charge >= 0.3 is 0 Å². The smallest absolute Gasteiger partial charge is 0.285 e. The second-order valence-electron chi connectivity index (χ2n) is 7.71. The summed E-state index contributed by atoms with van der Waals surface area (Å²) in [4.78, 5) is 0. The molecule has 0 aliphatic heterocycles. The Bertz CT molecular complexity index is 260. The van der Waals surface area contributed by atoms with Crippen molar-refractivity contribution in [2.75, 3.05) is 19.8 Å². The Balaban J connectivity index is 4.71. The Labute approximate surface area is 170 Å². The fourth-order valence-electron chi connectivity index (χ4n) is 3.92. The Morgan fingerprint density at radius 3 is 1.15 bits per heavy atom. The zero-order chi connectivity index (χ0) is 20.2. The zero-order valence-corrected chi connectivity index (χ0v) is 19.3. The number of rotatable bonds is 21. The van der Waals surface area contributed by atoms with E-state index in [1.54, 1.807) is 0 Å². The summed E-state index contributed by atoms with van der Waals surface area (Å²) in [6, 6.07) is 0. The van der Waals surface area contributed by atoms with Gasteiger partial charge in [0.05, 0.1) is 0 Å². The van der Waals surface area contributed by atoms with Crippen molar-refractivity contribution >= 4 is 0 Å². The Kier molecular flexibility index (Phi) is 19.1. The van der Waals surface area contributed by atoms with Gasteiger partial charge in [-0.3, -0.25) is 0 Å². The van der Waals surface area contributed by atoms with Crippen molar-refractivity contribution in [1.82, 2.24) is 0 Å². The first kappa shape index (κ1) is 26.9. The highest BCUT2D eigenvalue weighted by Gasteiger charge is 2.41. The molecule has 0 aromatic carbocycles. The van der Waals surface area contributed by atoms with E-state index in [0.717, 1.165) is 12.8 Å². The molecule has 0 heterocycles. The fraction of sp³-hybridized carbons (Fsp3) is 1.00. The van der Waals surface area contributed by atoms with Crippen molar-refractivity contribution < 1.29 is 14.2 Å². The monoisotopic (exact) mass is 386 g/mol. The van der Waals surface area contributed by atoms with Crippen LogP contribution in [0.5, 0.6) is 0 Å². The summed E-state index contributed by atoms with van der Waals surface area (Å²) < 4.78 is 18.4. The number of unbranched alkanes of at least 4 members (excludes halogenated alkanes) is 10. The largest absolute Gasteiger partial charge is 0.328 e. The van der Waals surface area contributed by atoms with E-state index in [-0.39, 0.29) is 0 Å². The summed E-state index contributed by atoms with van der Waals surface area (Å²) in [5, 5.41) is 0. The van der Waals surface area contributed by atoms with Crippen LogP contribution in [-0.2, 0) is 14.2 Å². The molecule has 0 aliphatic rings. The summed E-state index contributed by atoms with van der Waals surface area (Å²) in [6.07, 6.45) is 18.2. The SMILES string of the molecule is CCCCCCCCC(CCCCCCCC)C(OCC)(OCC)OCC. The first-order valence-electron chi connectivity index (χ1n) is 12.1. The van der Waals surface area contributed by atoms with Crippen molar-refractivity contribution in [3.8, 4) is 0 Å². The van der Waals surface area contributed by atoms with Gasteiger partial charge in [0.25, 0.3) is 5.97 Å². The van der Waals surface area contributed by atoms with Crippen molar-refractivity contribution in [2.45, 2.75) is 130 Å². The fourth-order valence-corrected chi connectivity index (χ4v) is 3.92. The van der Waals surface area contributed by atoms with Crippen molar-refractivity contribution in [3.05, 3.63) is 0 Å². The first-order chi connectivity index (χ1) is 13.2. The highest BCUT2D eigenvalue weighted by Crippen LogP contribution is 2.34. The number of hydrogen-bond acceptors (Lipinski definition) is 3. The molecule has 3 nitrogen and oxygen atoms in total. The van der Waals surface area contributed by atoms with E-state index in [1.165, 1.54) is 77.0 Å². The minimum absolute atomic E-state index is 0.328. The molecular formula is C24H50O3. The Hall–Kier alpha value is -0.120. The van der Waals surface area contributed by atoms with Crippen LogP contribution >= 0.6 is 0 Å². The minimum atomic E-state index is -0.842. The molecule has 164 valence electrons. The average molecular weight is 387 g/mol. The molecule has 0 aromatic rings. The molecule has 27 heavy (non-hydrogen) atoms. The van der Waals surface area contributed by atoms with Crippen LogP contribution in [0.3, 0.4) is 0 Å². The van der Waals surface area contributed by atoms with Crippen LogP contribution in [0.15, 0.2) is 0 Å². The predicted molar refractivity (Wildman–Crippen MR) is 117 cm³/mol. The zero-order valence-electron chi connectivity index (χ0n) is 19.3. The Morgan fingerprint density at radius 2 is 0.815 bits per heavy atom. The molecule has 0 rings (SSSR count). The van der Waals surface area contributed by atoms with E-state index in [1.807, 2.05) is 20.8 Å². The highest BCUT2D eigenvalue weighted by molar-refractivity contribution is 4.73. The lowest BCUT2D eigenvalue weighted by Gasteiger charge is -2.39. The van der Waals surface area contributed by atoms with E-state index >= 15 is 0 Å². The quantitative estimate of drug-likeness (QED) is 0.148. The van der Waals surface area contributed by atoms with E-state index in [2.05, 4.69) is 13.8 Å². The Morgan fingerprint density at radius 1 is 0.481 bits per heavy atom. The predicted octanol–water partition coefficient (Wildman–Crippen LogP) is 7.87. The molecule has 0 saturated carbocycles. The first-order valence-corrected chi connectivity index (χ1v) is 12.1. The average Bonchev–Trinajstić information content (AvgIpc) is 2.66. The number of ether oxygens (including phenoxy) is 3. The summed E-state index contributed by atoms with van der Waals surface area (Å²) in [7, 11) is 0. The normalized spacial score (nSPS) is 12.2. The van der Waals surface area contributed by atoms with Crippen LogP contribution in [0, 0.1) is 5.92 Å². The highest BCUT2D eigenvalue weighted by atomic mass is 16.9. The summed E-state index contributed by atoms with van der Waals surface area (Å²) in [5.74, 6) is -0.514. The lowest BCUT2D eigenvalue weighted by molar-refractivity contribution is -0.403. The number of hydrogen-bond donors (Lipinski definition) is 0. The lowest BCUT2D eigenvalue weighted by Crippen LogP contribution is -2.46. The molecular weight excluding hydrogens is 336 g/mol. The molecule has 0 aliphatic carbocycles. The van der Waals surface area contributed by atoms with Gasteiger partial charge in [0, 0.05) is 25.7 Å². The van der Waals surface area contributed by atoms with Crippen molar-refractivity contribution in [1.29, 1.82) is 0 Å². The maximum absolute atomic E-state index is 6.12. The lowest BCUT2D eigenvalue weighted by atomic mass is 9.91. The topological polar surface area (TPSA) is 27.7 Å². The van der Waals surface area contributed by atoms with Gasteiger partial charge in [-0.25, -0.2) is 0 Å². The molecule has 0 N–H and O–H groups in total. The van der Waals surface area contributed by atoms with Gasteiger partial charge in [0.15, 0.2) is 0 Å². The molecule has 3 heteroatoms. The second kappa shape index (κ2) is 19.2. The summed E-state index contributed by atoms with van der Waals surface area (Å²) in [6.45, 7) is 12.6. The molecule has 0 unspecified atom stereocenters. The van der Waals surface area contributed by atoms with E-state index < -0.39 is 5.97 Å². The van der Waals surface area contributed by atoms with Gasteiger partial charge < -0.3 is 14.2 Å². The van der Waals surface area contributed by atoms with Crippen LogP contribution < -0.4 is 0 Å². The second-order valence-corrected chi connectivity index (χ2v) is 7.71. The van der Waals surface area contributed by atoms with Crippen LogP contribution in [0.2, 0.25) is 0 Å². The van der Waals surface area contributed by atoms with Gasteiger partial charge in [-0.15, -0.1) is 0 Å². The molecule has 0 aromatic heterocycles. The van der Waals surface area contributed by atoms with E-state index in [0.29, 0.717) is 25.7 Å². The molecule has 0 spiro atoms. The third-order valence-electron chi connectivity index (χ3n) is 5.35.